The molecule has 0 aliphatic rings. The zero-order valence-electron chi connectivity index (χ0n) is 7.25. The molecular weight excluding hydrogens is 246 g/mol. The van der Waals surface area contributed by atoms with Crippen molar-refractivity contribution < 1.29 is 0 Å². The quantitative estimate of drug-likeness (QED) is 0.827. The van der Waals surface area contributed by atoms with Gasteiger partial charge in [-0.2, -0.15) is 0 Å². The number of fused-ring (bicyclic) bond motifs is 1. The van der Waals surface area contributed by atoms with Gasteiger partial charge in [0.1, 0.15) is 0 Å². The molecule has 0 fully saturated rings. The van der Waals surface area contributed by atoms with Crippen LogP contribution in [-0.2, 0) is 0 Å². The molecule has 13 heavy (non-hydrogen) atoms. The van der Waals surface area contributed by atoms with Crippen molar-refractivity contribution in [2.75, 3.05) is 0 Å². The molecule has 2 rings (SSSR count). The molecule has 1 aromatic carbocycles. The maximum atomic E-state index is 5.87. The van der Waals surface area contributed by atoms with E-state index in [1.165, 1.54) is 15.6 Å². The van der Waals surface area contributed by atoms with Gasteiger partial charge in [-0.05, 0) is 41.5 Å². The van der Waals surface area contributed by atoms with E-state index in [-0.39, 0.29) is 6.04 Å². The Labute approximate surface area is 89.7 Å². The van der Waals surface area contributed by atoms with Crippen molar-refractivity contribution >= 4 is 37.4 Å². The minimum Gasteiger partial charge on any atom is -0.324 e. The van der Waals surface area contributed by atoms with Gasteiger partial charge in [-0.25, -0.2) is 0 Å². The predicted molar refractivity (Wildman–Crippen MR) is 62.1 cm³/mol. The summed E-state index contributed by atoms with van der Waals surface area (Å²) in [6, 6.07) is 6.42. The van der Waals surface area contributed by atoms with Crippen LogP contribution in [0.25, 0.3) is 10.1 Å². The van der Waals surface area contributed by atoms with Crippen LogP contribution >= 0.6 is 27.3 Å². The molecular formula is C10H10BrNS. The lowest BCUT2D eigenvalue weighted by Gasteiger charge is -2.02. The molecule has 1 nitrogen and oxygen atoms in total. The van der Waals surface area contributed by atoms with Gasteiger partial charge in [-0.3, -0.25) is 0 Å². The van der Waals surface area contributed by atoms with Gasteiger partial charge in [-0.15, -0.1) is 11.3 Å². The van der Waals surface area contributed by atoms with Crippen LogP contribution in [0, 0.1) is 0 Å². The number of benzene rings is 1. The van der Waals surface area contributed by atoms with Gasteiger partial charge in [0.05, 0.1) is 0 Å². The molecule has 2 N–H and O–H groups in total. The van der Waals surface area contributed by atoms with Crippen LogP contribution < -0.4 is 5.73 Å². The van der Waals surface area contributed by atoms with E-state index in [0.717, 1.165) is 4.47 Å². The Hall–Kier alpha value is -0.380. The van der Waals surface area contributed by atoms with E-state index >= 15 is 0 Å². The SMILES string of the molecule is CC(N)c1csc2ccc(Br)cc12. The van der Waals surface area contributed by atoms with Crippen molar-refractivity contribution in [3.05, 3.63) is 33.6 Å². The number of hydrogen-bond acceptors (Lipinski definition) is 2. The van der Waals surface area contributed by atoms with E-state index in [9.17, 15) is 0 Å². The second kappa shape index (κ2) is 3.40. The number of thiophene rings is 1. The Kier molecular flexibility index (Phi) is 2.41. The van der Waals surface area contributed by atoms with Gasteiger partial charge >= 0.3 is 0 Å². The number of hydrogen-bond donors (Lipinski definition) is 1. The number of halogens is 1. The number of rotatable bonds is 1. The van der Waals surface area contributed by atoms with Crippen molar-refractivity contribution in [1.82, 2.24) is 0 Å². The molecule has 0 radical (unpaired) electrons. The molecule has 68 valence electrons. The largest absolute Gasteiger partial charge is 0.324 e. The van der Waals surface area contributed by atoms with Crippen LogP contribution in [0.3, 0.4) is 0 Å². The molecule has 1 aromatic heterocycles. The topological polar surface area (TPSA) is 26.0 Å². The van der Waals surface area contributed by atoms with Crippen molar-refractivity contribution in [3.63, 3.8) is 0 Å². The molecule has 0 saturated carbocycles. The first kappa shape index (κ1) is 9.19. The van der Waals surface area contributed by atoms with Crippen molar-refractivity contribution in [3.8, 4) is 0 Å². The fourth-order valence-corrected chi connectivity index (χ4v) is 2.78. The summed E-state index contributed by atoms with van der Waals surface area (Å²) in [5, 5.41) is 3.41. The van der Waals surface area contributed by atoms with Gasteiger partial charge in [0.25, 0.3) is 0 Å². The highest BCUT2D eigenvalue weighted by molar-refractivity contribution is 9.10. The highest BCUT2D eigenvalue weighted by Gasteiger charge is 2.07. The average Bonchev–Trinajstić information content (AvgIpc) is 2.46. The first-order valence-electron chi connectivity index (χ1n) is 4.10. The van der Waals surface area contributed by atoms with Crippen LogP contribution in [0.1, 0.15) is 18.5 Å². The van der Waals surface area contributed by atoms with Gasteiger partial charge in [-0.1, -0.05) is 15.9 Å². The van der Waals surface area contributed by atoms with Crippen molar-refractivity contribution in [1.29, 1.82) is 0 Å². The Balaban J connectivity index is 2.71. The van der Waals surface area contributed by atoms with E-state index in [4.69, 9.17) is 5.73 Å². The molecule has 1 heterocycles. The highest BCUT2D eigenvalue weighted by atomic mass is 79.9. The molecule has 1 atom stereocenters. The van der Waals surface area contributed by atoms with Crippen LogP contribution in [0.15, 0.2) is 28.1 Å². The van der Waals surface area contributed by atoms with Gasteiger partial charge in [0, 0.05) is 15.2 Å². The summed E-state index contributed by atoms with van der Waals surface area (Å²) in [6.45, 7) is 2.02. The van der Waals surface area contributed by atoms with Crippen molar-refractivity contribution in [2.24, 2.45) is 5.73 Å². The Morgan fingerprint density at radius 1 is 1.46 bits per heavy atom. The standard InChI is InChI=1S/C10H10BrNS/c1-6(12)9-5-13-10-3-2-7(11)4-8(9)10/h2-6H,12H2,1H3. The smallest absolute Gasteiger partial charge is 0.0346 e. The summed E-state index contributed by atoms with van der Waals surface area (Å²) in [5.74, 6) is 0. The fraction of sp³-hybridized carbons (Fsp3) is 0.200. The Morgan fingerprint density at radius 3 is 2.92 bits per heavy atom. The third kappa shape index (κ3) is 1.64. The second-order valence-electron chi connectivity index (χ2n) is 3.12. The Morgan fingerprint density at radius 2 is 2.23 bits per heavy atom. The highest BCUT2D eigenvalue weighted by Crippen LogP contribution is 2.31. The second-order valence-corrected chi connectivity index (χ2v) is 4.95. The van der Waals surface area contributed by atoms with Crippen LogP contribution in [-0.4, -0.2) is 0 Å². The molecule has 0 bridgehead atoms. The molecule has 0 amide bonds. The normalized spacial score (nSPS) is 13.5. The van der Waals surface area contributed by atoms with E-state index in [1.54, 1.807) is 11.3 Å². The van der Waals surface area contributed by atoms with Gasteiger partial charge < -0.3 is 5.73 Å². The minimum atomic E-state index is 0.114. The fourth-order valence-electron chi connectivity index (χ4n) is 1.37. The van der Waals surface area contributed by atoms with E-state index in [1.807, 2.05) is 6.92 Å². The lowest BCUT2D eigenvalue weighted by molar-refractivity contribution is 0.830. The lowest BCUT2D eigenvalue weighted by atomic mass is 10.1. The van der Waals surface area contributed by atoms with Crippen molar-refractivity contribution in [2.45, 2.75) is 13.0 Å². The molecule has 0 spiro atoms. The Bertz CT molecular complexity index is 433. The summed E-state index contributed by atoms with van der Waals surface area (Å²) < 4.78 is 2.41. The average molecular weight is 256 g/mol. The molecule has 1 unspecified atom stereocenters. The van der Waals surface area contributed by atoms with Crippen LogP contribution in [0.5, 0.6) is 0 Å². The molecule has 0 aliphatic carbocycles. The molecule has 0 aliphatic heterocycles. The van der Waals surface area contributed by atoms with Crippen LogP contribution in [0.2, 0.25) is 0 Å². The van der Waals surface area contributed by atoms with E-state index in [2.05, 4.69) is 39.5 Å². The minimum absolute atomic E-state index is 0.114. The zero-order chi connectivity index (χ0) is 9.42. The molecule has 3 heteroatoms. The zero-order valence-corrected chi connectivity index (χ0v) is 9.65. The third-order valence-corrected chi connectivity index (χ3v) is 3.53. The molecule has 2 aromatic rings. The maximum Gasteiger partial charge on any atom is 0.0346 e. The summed E-state index contributed by atoms with van der Waals surface area (Å²) >= 11 is 5.21. The predicted octanol–water partition coefficient (Wildman–Crippen LogP) is 3.68. The summed E-state index contributed by atoms with van der Waals surface area (Å²) in [4.78, 5) is 0. The van der Waals surface area contributed by atoms with Gasteiger partial charge in [0.15, 0.2) is 0 Å². The molecule has 0 saturated heterocycles. The van der Waals surface area contributed by atoms with Crippen LogP contribution in [0.4, 0.5) is 0 Å². The summed E-state index contributed by atoms with van der Waals surface area (Å²) in [5.41, 5.74) is 7.10. The third-order valence-electron chi connectivity index (χ3n) is 2.06. The first-order chi connectivity index (χ1) is 6.18. The monoisotopic (exact) mass is 255 g/mol. The summed E-state index contributed by atoms with van der Waals surface area (Å²) in [6.07, 6.45) is 0. The summed E-state index contributed by atoms with van der Waals surface area (Å²) in [7, 11) is 0. The maximum absolute atomic E-state index is 5.87. The van der Waals surface area contributed by atoms with E-state index < -0.39 is 0 Å². The first-order valence-corrected chi connectivity index (χ1v) is 5.78. The van der Waals surface area contributed by atoms with E-state index in [0.29, 0.717) is 0 Å². The van der Waals surface area contributed by atoms with Gasteiger partial charge in [0.2, 0.25) is 0 Å². The number of nitrogens with two attached hydrogens (primary N) is 1. The lowest BCUT2D eigenvalue weighted by Crippen LogP contribution is -2.03.